The van der Waals surface area contributed by atoms with E-state index in [1.54, 1.807) is 24.4 Å². The molecule has 0 N–H and O–H groups in total. The van der Waals surface area contributed by atoms with Crippen LogP contribution in [-0.4, -0.2) is 40.9 Å². The van der Waals surface area contributed by atoms with Crippen molar-refractivity contribution >= 4 is 22.3 Å². The van der Waals surface area contributed by atoms with Crippen molar-refractivity contribution in [1.82, 2.24) is 14.6 Å². The van der Waals surface area contributed by atoms with Crippen LogP contribution in [0.3, 0.4) is 0 Å². The summed E-state index contributed by atoms with van der Waals surface area (Å²) in [6, 6.07) is 6.36. The van der Waals surface area contributed by atoms with E-state index in [0.29, 0.717) is 22.8 Å². The van der Waals surface area contributed by atoms with Gasteiger partial charge in [0.15, 0.2) is 0 Å². The van der Waals surface area contributed by atoms with Gasteiger partial charge in [-0.15, -0.1) is 5.10 Å². The number of imidazole rings is 1. The third-order valence-corrected chi connectivity index (χ3v) is 3.79. The van der Waals surface area contributed by atoms with Crippen molar-refractivity contribution < 1.29 is 18.7 Å². The quantitative estimate of drug-likeness (QED) is 0.533. The molecule has 0 unspecified atom stereocenters. The Hall–Kier alpha value is -2.32. The number of carbonyl (C=O) groups excluding carboxylic acids is 1. The molecule has 0 spiro atoms. The molecule has 8 heteroatoms. The fourth-order valence-electron chi connectivity index (χ4n) is 1.86. The molecule has 114 valence electrons. The van der Waals surface area contributed by atoms with E-state index in [4.69, 9.17) is 9.47 Å². The molecule has 3 rings (SSSR count). The number of carbonyl (C=O) groups is 1. The van der Waals surface area contributed by atoms with Crippen molar-refractivity contribution in [2.75, 3.05) is 20.3 Å². The van der Waals surface area contributed by atoms with Crippen molar-refractivity contribution in [2.45, 2.75) is 0 Å². The molecule has 0 radical (unpaired) electrons. The molecule has 22 heavy (non-hydrogen) atoms. The number of fused-ring (bicyclic) bond motifs is 1. The Bertz CT molecular complexity index is 783. The van der Waals surface area contributed by atoms with Gasteiger partial charge in [-0.1, -0.05) is 23.5 Å². The maximum Gasteiger partial charge on any atom is 0.369 e. The van der Waals surface area contributed by atoms with Gasteiger partial charge >= 0.3 is 5.97 Å². The van der Waals surface area contributed by atoms with Crippen LogP contribution >= 0.6 is 11.3 Å². The van der Waals surface area contributed by atoms with Gasteiger partial charge in [0.25, 0.3) is 0 Å². The van der Waals surface area contributed by atoms with E-state index in [1.165, 1.54) is 17.7 Å². The fourth-order valence-corrected chi connectivity index (χ4v) is 2.64. The first-order valence-electron chi connectivity index (χ1n) is 6.46. The van der Waals surface area contributed by atoms with Crippen LogP contribution in [0.1, 0.15) is 9.80 Å². The van der Waals surface area contributed by atoms with Crippen LogP contribution in [0.25, 0.3) is 16.2 Å². The van der Waals surface area contributed by atoms with Crippen LogP contribution in [0.5, 0.6) is 0 Å². The molecule has 0 fully saturated rings. The lowest BCUT2D eigenvalue weighted by atomic mass is 10.1. The van der Waals surface area contributed by atoms with Gasteiger partial charge in [0, 0.05) is 12.7 Å². The molecule has 3 aromatic rings. The average Bonchev–Trinajstić information content (AvgIpc) is 3.06. The SMILES string of the molecule is COCCOC(=O)c1nn2cc(-c3ccccc3F)nc2s1. The molecule has 0 aliphatic heterocycles. The molecule has 0 bridgehead atoms. The number of halogens is 1. The first kappa shape index (κ1) is 14.6. The molecule has 2 aromatic heterocycles. The number of benzene rings is 1. The predicted molar refractivity (Wildman–Crippen MR) is 78.4 cm³/mol. The van der Waals surface area contributed by atoms with Crippen LogP contribution in [0.15, 0.2) is 30.5 Å². The normalized spacial score (nSPS) is 11.0. The van der Waals surface area contributed by atoms with Gasteiger partial charge < -0.3 is 9.47 Å². The zero-order valence-corrected chi connectivity index (χ0v) is 12.5. The van der Waals surface area contributed by atoms with Crippen LogP contribution in [-0.2, 0) is 9.47 Å². The minimum Gasteiger partial charge on any atom is -0.458 e. The smallest absolute Gasteiger partial charge is 0.369 e. The largest absolute Gasteiger partial charge is 0.458 e. The highest BCUT2D eigenvalue weighted by molar-refractivity contribution is 7.18. The van der Waals surface area contributed by atoms with Gasteiger partial charge in [0.05, 0.1) is 18.5 Å². The summed E-state index contributed by atoms with van der Waals surface area (Å²) in [5.74, 6) is -0.882. The highest BCUT2D eigenvalue weighted by Crippen LogP contribution is 2.24. The maximum atomic E-state index is 13.7. The number of methoxy groups -OCH3 is 1. The van der Waals surface area contributed by atoms with Crippen LogP contribution in [0.4, 0.5) is 4.39 Å². The van der Waals surface area contributed by atoms with E-state index in [2.05, 4.69) is 10.1 Å². The zero-order chi connectivity index (χ0) is 15.5. The summed E-state index contributed by atoms with van der Waals surface area (Å²) in [5, 5.41) is 4.30. The standard InChI is InChI=1S/C14H12FN3O3S/c1-20-6-7-21-13(19)12-17-18-8-11(16-14(18)22-12)9-4-2-3-5-10(9)15/h2-5,8H,6-7H2,1H3. The first-order valence-corrected chi connectivity index (χ1v) is 7.28. The third-order valence-electron chi connectivity index (χ3n) is 2.89. The summed E-state index contributed by atoms with van der Waals surface area (Å²) in [6.45, 7) is 0.489. The molecule has 0 aliphatic carbocycles. The molecular formula is C14H12FN3O3S. The second kappa shape index (κ2) is 6.20. The Balaban J connectivity index is 1.83. The molecule has 0 saturated heterocycles. The maximum absolute atomic E-state index is 13.7. The van der Waals surface area contributed by atoms with Crippen molar-refractivity contribution in [3.8, 4) is 11.3 Å². The van der Waals surface area contributed by atoms with E-state index in [9.17, 15) is 9.18 Å². The first-order chi connectivity index (χ1) is 10.7. The summed E-state index contributed by atoms with van der Waals surface area (Å²) >= 11 is 1.09. The number of nitrogens with zero attached hydrogens (tertiary/aromatic N) is 3. The Morgan fingerprint density at radius 2 is 2.18 bits per heavy atom. The second-order valence-electron chi connectivity index (χ2n) is 4.37. The minimum absolute atomic E-state index is 0.164. The molecule has 0 amide bonds. The lowest BCUT2D eigenvalue weighted by molar-refractivity contribution is 0.0386. The Labute approximate surface area is 129 Å². The summed E-state index contributed by atoms with van der Waals surface area (Å²) in [4.78, 5) is 16.6. The van der Waals surface area contributed by atoms with Gasteiger partial charge in [-0.25, -0.2) is 18.7 Å². The van der Waals surface area contributed by atoms with Crippen molar-refractivity contribution in [3.05, 3.63) is 41.3 Å². The molecule has 1 aromatic carbocycles. The second-order valence-corrected chi connectivity index (χ2v) is 5.33. The van der Waals surface area contributed by atoms with Gasteiger partial charge in [0.2, 0.25) is 9.97 Å². The molecule has 6 nitrogen and oxygen atoms in total. The number of hydrogen-bond acceptors (Lipinski definition) is 6. The van der Waals surface area contributed by atoms with Gasteiger partial charge in [-0.3, -0.25) is 0 Å². The Morgan fingerprint density at radius 1 is 1.36 bits per heavy atom. The van der Waals surface area contributed by atoms with Crippen LogP contribution in [0, 0.1) is 5.82 Å². The van der Waals surface area contributed by atoms with Crippen LogP contribution < -0.4 is 0 Å². The van der Waals surface area contributed by atoms with Crippen molar-refractivity contribution in [1.29, 1.82) is 0 Å². The highest BCUT2D eigenvalue weighted by Gasteiger charge is 2.17. The molecular weight excluding hydrogens is 309 g/mol. The predicted octanol–water partition coefficient (Wildman–Crippen LogP) is 2.40. The molecule has 2 heterocycles. The number of hydrogen-bond donors (Lipinski definition) is 0. The monoisotopic (exact) mass is 321 g/mol. The van der Waals surface area contributed by atoms with Crippen LogP contribution in [0.2, 0.25) is 0 Å². The van der Waals surface area contributed by atoms with E-state index in [0.717, 1.165) is 11.3 Å². The number of rotatable bonds is 5. The summed E-state index contributed by atoms with van der Waals surface area (Å²) in [5.41, 5.74) is 0.862. The number of aromatic nitrogens is 3. The summed E-state index contributed by atoms with van der Waals surface area (Å²) < 4.78 is 25.0. The third kappa shape index (κ3) is 2.83. The van der Waals surface area contributed by atoms with E-state index < -0.39 is 5.97 Å². The van der Waals surface area contributed by atoms with Gasteiger partial charge in [-0.05, 0) is 12.1 Å². The fraction of sp³-hybridized carbons (Fsp3) is 0.214. The number of ether oxygens (including phenoxy) is 2. The minimum atomic E-state index is -0.528. The Kier molecular flexibility index (Phi) is 4.12. The lowest BCUT2D eigenvalue weighted by Crippen LogP contribution is -2.09. The molecule has 0 saturated carbocycles. The Morgan fingerprint density at radius 3 is 2.91 bits per heavy atom. The highest BCUT2D eigenvalue weighted by atomic mass is 32.1. The topological polar surface area (TPSA) is 65.7 Å². The van der Waals surface area contributed by atoms with Crippen molar-refractivity contribution in [2.24, 2.45) is 0 Å². The van der Waals surface area contributed by atoms with Crippen molar-refractivity contribution in [3.63, 3.8) is 0 Å². The lowest BCUT2D eigenvalue weighted by Gasteiger charge is -2.00. The van der Waals surface area contributed by atoms with E-state index in [-0.39, 0.29) is 17.4 Å². The zero-order valence-electron chi connectivity index (χ0n) is 11.7. The summed E-state index contributed by atoms with van der Waals surface area (Å²) in [6.07, 6.45) is 1.58. The number of esters is 1. The molecule has 0 aliphatic rings. The van der Waals surface area contributed by atoms with E-state index in [1.807, 2.05) is 0 Å². The molecule has 0 atom stereocenters. The van der Waals surface area contributed by atoms with Gasteiger partial charge in [0.1, 0.15) is 12.4 Å². The van der Waals surface area contributed by atoms with Gasteiger partial charge in [-0.2, -0.15) is 0 Å². The average molecular weight is 321 g/mol. The van der Waals surface area contributed by atoms with E-state index >= 15 is 0 Å². The summed E-state index contributed by atoms with van der Waals surface area (Å²) in [7, 11) is 1.52.